The van der Waals surface area contributed by atoms with Crippen LogP contribution in [0.1, 0.15) is 20.3 Å². The van der Waals surface area contributed by atoms with Gasteiger partial charge in [-0.05, 0) is 13.8 Å². The number of carbonyl (C=O) groups is 1. The van der Waals surface area contributed by atoms with E-state index >= 15 is 0 Å². The van der Waals surface area contributed by atoms with E-state index in [-0.39, 0.29) is 4.31 Å². The van der Waals surface area contributed by atoms with E-state index < -0.39 is 46.9 Å². The largest absolute Gasteiger partial charge is 0.481 e. The normalized spacial score (nSPS) is 13.4. The molecule has 0 saturated heterocycles. The Morgan fingerprint density at radius 2 is 1.82 bits per heavy atom. The second kappa shape index (κ2) is 5.67. The van der Waals surface area contributed by atoms with Crippen molar-refractivity contribution in [1.29, 1.82) is 0 Å². The molecule has 0 aromatic carbocycles. The number of rotatable bonds is 6. The molecule has 0 aliphatic rings. The average molecular weight is 277 g/mol. The number of carboxylic acids is 1. The van der Waals surface area contributed by atoms with Crippen molar-refractivity contribution in [3.05, 3.63) is 0 Å². The highest BCUT2D eigenvalue weighted by atomic mass is 32.2. The summed E-state index contributed by atoms with van der Waals surface area (Å²) in [5, 5.41) is 8.32. The molecule has 17 heavy (non-hydrogen) atoms. The fourth-order valence-corrected chi connectivity index (χ4v) is 2.76. The third-order valence-corrected chi connectivity index (χ3v) is 3.83. The van der Waals surface area contributed by atoms with Crippen molar-refractivity contribution in [2.24, 2.45) is 0 Å². The summed E-state index contributed by atoms with van der Waals surface area (Å²) in [6.45, 7) is 0.987. The van der Waals surface area contributed by atoms with Crippen molar-refractivity contribution < 1.29 is 31.5 Å². The van der Waals surface area contributed by atoms with Gasteiger partial charge in [0.15, 0.2) is 0 Å². The maximum Gasteiger partial charge on any atom is 0.402 e. The van der Waals surface area contributed by atoms with Crippen LogP contribution in [0.3, 0.4) is 0 Å². The molecule has 0 rings (SSSR count). The quantitative estimate of drug-likeness (QED) is 0.788. The molecular weight excluding hydrogens is 263 g/mol. The lowest BCUT2D eigenvalue weighted by Crippen LogP contribution is -2.44. The van der Waals surface area contributed by atoms with Gasteiger partial charge in [0.1, 0.15) is 6.54 Å². The average Bonchev–Trinajstić information content (AvgIpc) is 2.09. The van der Waals surface area contributed by atoms with E-state index in [2.05, 4.69) is 0 Å². The van der Waals surface area contributed by atoms with Crippen LogP contribution in [0.5, 0.6) is 0 Å². The Kier molecular flexibility index (Phi) is 5.40. The first-order valence-corrected chi connectivity index (χ1v) is 6.34. The second-order valence-corrected chi connectivity index (χ2v) is 5.75. The lowest BCUT2D eigenvalue weighted by Gasteiger charge is -2.26. The minimum absolute atomic E-state index is 0.260. The number of carboxylic acid groups (broad SMARTS) is 1. The summed E-state index contributed by atoms with van der Waals surface area (Å²) in [5.74, 6) is -2.21. The molecule has 0 radical (unpaired) electrons. The van der Waals surface area contributed by atoms with Gasteiger partial charge in [0.2, 0.25) is 10.0 Å². The zero-order valence-electron chi connectivity index (χ0n) is 9.36. The monoisotopic (exact) mass is 277 g/mol. The molecule has 0 fully saturated rings. The molecular formula is C8H14F3NO4S. The smallest absolute Gasteiger partial charge is 0.402 e. The van der Waals surface area contributed by atoms with Gasteiger partial charge in [-0.15, -0.1) is 0 Å². The summed E-state index contributed by atoms with van der Waals surface area (Å²) in [6.07, 6.45) is -5.37. The predicted molar refractivity (Wildman–Crippen MR) is 53.9 cm³/mol. The van der Waals surface area contributed by atoms with Gasteiger partial charge in [-0.3, -0.25) is 4.79 Å². The molecule has 0 bridgehead atoms. The van der Waals surface area contributed by atoms with E-state index in [0.717, 1.165) is 0 Å². The summed E-state index contributed by atoms with van der Waals surface area (Å²) >= 11 is 0. The van der Waals surface area contributed by atoms with Crippen LogP contribution in [0.2, 0.25) is 0 Å². The molecule has 102 valence electrons. The molecule has 0 spiro atoms. The molecule has 5 nitrogen and oxygen atoms in total. The highest BCUT2D eigenvalue weighted by Crippen LogP contribution is 2.21. The Balaban J connectivity index is 4.87. The number of aliphatic carboxylic acids is 1. The van der Waals surface area contributed by atoms with E-state index in [1.165, 1.54) is 13.8 Å². The summed E-state index contributed by atoms with van der Waals surface area (Å²) in [4.78, 5) is 10.2. The lowest BCUT2D eigenvalue weighted by atomic mass is 10.4. The van der Waals surface area contributed by atoms with E-state index in [1.807, 2.05) is 0 Å². The molecule has 9 heteroatoms. The first-order chi connectivity index (χ1) is 7.46. The van der Waals surface area contributed by atoms with Crippen LogP contribution in [-0.2, 0) is 14.8 Å². The Morgan fingerprint density at radius 1 is 1.35 bits per heavy atom. The molecule has 0 aromatic rings. The molecule has 0 heterocycles. The molecule has 0 amide bonds. The number of halogens is 3. The van der Waals surface area contributed by atoms with E-state index in [1.54, 1.807) is 0 Å². The topological polar surface area (TPSA) is 74.7 Å². The molecule has 0 unspecified atom stereocenters. The fourth-order valence-electron chi connectivity index (χ4n) is 1.11. The first-order valence-electron chi connectivity index (χ1n) is 4.74. The summed E-state index contributed by atoms with van der Waals surface area (Å²) < 4.78 is 59.8. The summed E-state index contributed by atoms with van der Waals surface area (Å²) in [5.41, 5.74) is 0. The molecule has 1 N–H and O–H groups in total. The van der Waals surface area contributed by atoms with Crippen LogP contribution >= 0.6 is 0 Å². The Bertz CT molecular complexity index is 363. The number of hydrogen-bond acceptors (Lipinski definition) is 3. The van der Waals surface area contributed by atoms with Crippen LogP contribution in [0.15, 0.2) is 0 Å². The Labute approximate surface area is 97.3 Å². The summed E-state index contributed by atoms with van der Waals surface area (Å²) in [7, 11) is -4.22. The highest BCUT2D eigenvalue weighted by molar-refractivity contribution is 7.89. The number of alkyl halides is 3. The fraction of sp³-hybridized carbons (Fsp3) is 0.875. The van der Waals surface area contributed by atoms with Gasteiger partial charge in [0.05, 0.1) is 12.2 Å². The van der Waals surface area contributed by atoms with Crippen molar-refractivity contribution >= 4 is 16.0 Å². The Hall–Kier alpha value is -0.830. The van der Waals surface area contributed by atoms with Crippen LogP contribution in [-0.4, -0.2) is 48.3 Å². The minimum Gasteiger partial charge on any atom is -0.481 e. The molecule has 0 atom stereocenters. The van der Waals surface area contributed by atoms with Crippen molar-refractivity contribution in [1.82, 2.24) is 4.31 Å². The molecule has 0 aliphatic heterocycles. The van der Waals surface area contributed by atoms with Crippen LogP contribution in [0, 0.1) is 0 Å². The lowest BCUT2D eigenvalue weighted by molar-refractivity contribution is -0.138. The van der Waals surface area contributed by atoms with Gasteiger partial charge in [-0.25, -0.2) is 8.42 Å². The van der Waals surface area contributed by atoms with Crippen molar-refractivity contribution in [3.63, 3.8) is 0 Å². The van der Waals surface area contributed by atoms with Crippen molar-refractivity contribution in [3.8, 4) is 0 Å². The molecule has 0 aromatic heterocycles. The zero-order chi connectivity index (χ0) is 13.9. The SMILES string of the molecule is CC(C)N(CC(F)(F)F)S(=O)(=O)CCC(=O)O. The molecule has 0 saturated carbocycles. The van der Waals surface area contributed by atoms with E-state index in [0.29, 0.717) is 0 Å². The van der Waals surface area contributed by atoms with Crippen LogP contribution in [0.4, 0.5) is 13.2 Å². The number of sulfonamides is 1. The van der Waals surface area contributed by atoms with Gasteiger partial charge < -0.3 is 5.11 Å². The molecule has 0 aliphatic carbocycles. The van der Waals surface area contributed by atoms with Gasteiger partial charge in [-0.1, -0.05) is 0 Å². The Morgan fingerprint density at radius 3 is 2.12 bits per heavy atom. The van der Waals surface area contributed by atoms with Gasteiger partial charge in [0.25, 0.3) is 0 Å². The van der Waals surface area contributed by atoms with E-state index in [4.69, 9.17) is 5.11 Å². The predicted octanol–water partition coefficient (Wildman–Crippen LogP) is 1.06. The van der Waals surface area contributed by atoms with Crippen molar-refractivity contribution in [2.75, 3.05) is 12.3 Å². The van der Waals surface area contributed by atoms with Gasteiger partial charge in [0, 0.05) is 6.04 Å². The maximum atomic E-state index is 12.2. The van der Waals surface area contributed by atoms with Crippen molar-refractivity contribution in [2.45, 2.75) is 32.5 Å². The van der Waals surface area contributed by atoms with E-state index in [9.17, 15) is 26.4 Å². The maximum absolute atomic E-state index is 12.2. The minimum atomic E-state index is -4.65. The third kappa shape index (κ3) is 6.47. The zero-order valence-corrected chi connectivity index (χ0v) is 10.2. The van der Waals surface area contributed by atoms with Gasteiger partial charge in [-0.2, -0.15) is 17.5 Å². The number of hydrogen-bond donors (Lipinski definition) is 1. The standard InChI is InChI=1S/C8H14F3NO4S/c1-6(2)12(5-8(9,10)11)17(15,16)4-3-7(13)14/h6H,3-5H2,1-2H3,(H,13,14). The second-order valence-electron chi connectivity index (χ2n) is 3.71. The van der Waals surface area contributed by atoms with Crippen LogP contribution in [0.25, 0.3) is 0 Å². The third-order valence-electron chi connectivity index (χ3n) is 1.84. The summed E-state index contributed by atoms with van der Waals surface area (Å²) in [6, 6.07) is -0.879. The first kappa shape index (κ1) is 16.2. The highest BCUT2D eigenvalue weighted by Gasteiger charge is 2.37. The number of nitrogens with zero attached hydrogens (tertiary/aromatic N) is 1. The van der Waals surface area contributed by atoms with Crippen LogP contribution < -0.4 is 0 Å². The van der Waals surface area contributed by atoms with Gasteiger partial charge >= 0.3 is 12.1 Å².